The van der Waals surface area contributed by atoms with Crippen molar-refractivity contribution in [2.45, 2.75) is 26.0 Å². The molecule has 0 fully saturated rings. The minimum Gasteiger partial charge on any atom is -0.461 e. The Labute approximate surface area is 145 Å². The molecule has 1 aliphatic rings. The van der Waals surface area contributed by atoms with Crippen molar-refractivity contribution in [3.05, 3.63) is 65.5 Å². The lowest BCUT2D eigenvalue weighted by atomic mass is 9.94. The minimum atomic E-state index is -0.378. The van der Waals surface area contributed by atoms with Crippen LogP contribution >= 0.6 is 0 Å². The lowest BCUT2D eigenvalue weighted by Crippen LogP contribution is -2.32. The summed E-state index contributed by atoms with van der Waals surface area (Å²) in [6.45, 7) is 1.60. The minimum absolute atomic E-state index is 0.0848. The number of fused-ring (bicyclic) bond motifs is 1. The number of hydrogen-bond donors (Lipinski definition) is 1. The molecule has 0 saturated heterocycles. The Hall–Kier alpha value is -3.15. The van der Waals surface area contributed by atoms with E-state index in [1.165, 1.54) is 6.92 Å². The fourth-order valence-electron chi connectivity index (χ4n) is 2.88. The molecule has 3 rings (SSSR count). The van der Waals surface area contributed by atoms with Gasteiger partial charge in [0.1, 0.15) is 12.4 Å². The van der Waals surface area contributed by atoms with Crippen LogP contribution in [-0.2, 0) is 20.9 Å². The Morgan fingerprint density at radius 2 is 2.08 bits per heavy atom. The molecule has 1 amide bonds. The van der Waals surface area contributed by atoms with Crippen LogP contribution in [0.3, 0.4) is 0 Å². The third-order valence-corrected chi connectivity index (χ3v) is 4.07. The van der Waals surface area contributed by atoms with Gasteiger partial charge in [0, 0.05) is 19.3 Å². The maximum Gasteiger partial charge on any atom is 0.308 e. The van der Waals surface area contributed by atoms with E-state index in [4.69, 9.17) is 10.5 Å². The summed E-state index contributed by atoms with van der Waals surface area (Å²) >= 11 is 0. The molecule has 2 N–H and O–H groups in total. The van der Waals surface area contributed by atoms with E-state index in [9.17, 15) is 9.59 Å². The molecule has 0 unspecified atom stereocenters. The molecule has 1 aliphatic heterocycles. The predicted molar refractivity (Wildman–Crippen MR) is 93.8 cm³/mol. The van der Waals surface area contributed by atoms with Gasteiger partial charge < -0.3 is 15.4 Å². The first kappa shape index (κ1) is 16.7. The summed E-state index contributed by atoms with van der Waals surface area (Å²) < 4.78 is 5.34. The first-order valence-corrected chi connectivity index (χ1v) is 7.96. The lowest BCUT2D eigenvalue weighted by molar-refractivity contribution is -0.146. The van der Waals surface area contributed by atoms with Crippen LogP contribution < -0.4 is 5.73 Å². The molecular formula is C19H19N3O3. The molecule has 0 bridgehead atoms. The summed E-state index contributed by atoms with van der Waals surface area (Å²) in [7, 11) is 0. The molecule has 1 aromatic heterocycles. The van der Waals surface area contributed by atoms with E-state index >= 15 is 0 Å². The van der Waals surface area contributed by atoms with Crippen molar-refractivity contribution in [3.63, 3.8) is 0 Å². The molecule has 0 spiro atoms. The van der Waals surface area contributed by atoms with Gasteiger partial charge in [-0.15, -0.1) is 0 Å². The Kier molecular flexibility index (Phi) is 4.79. The second kappa shape index (κ2) is 7.17. The molecule has 128 valence electrons. The molecule has 1 atom stereocenters. The summed E-state index contributed by atoms with van der Waals surface area (Å²) in [6, 6.07) is 10.7. The average molecular weight is 337 g/mol. The molecule has 25 heavy (non-hydrogen) atoms. The van der Waals surface area contributed by atoms with Crippen LogP contribution in [0, 0.1) is 0 Å². The first-order valence-electron chi connectivity index (χ1n) is 7.96. The van der Waals surface area contributed by atoms with Gasteiger partial charge in [0.15, 0.2) is 0 Å². The summed E-state index contributed by atoms with van der Waals surface area (Å²) in [6.07, 6.45) is 5.24. The zero-order valence-corrected chi connectivity index (χ0v) is 13.9. The quantitative estimate of drug-likeness (QED) is 0.867. The number of carbonyl (C=O) groups is 2. The summed E-state index contributed by atoms with van der Waals surface area (Å²) in [5, 5.41) is 0. The van der Waals surface area contributed by atoms with Crippen molar-refractivity contribution >= 4 is 23.8 Å². The van der Waals surface area contributed by atoms with Gasteiger partial charge in [0.25, 0.3) is 0 Å². The van der Waals surface area contributed by atoms with Crippen LogP contribution in [0.25, 0.3) is 6.08 Å². The number of benzene rings is 1. The van der Waals surface area contributed by atoms with Crippen LogP contribution in [0.4, 0.5) is 5.82 Å². The van der Waals surface area contributed by atoms with Crippen molar-refractivity contribution in [2.24, 2.45) is 0 Å². The maximum atomic E-state index is 12.3. The summed E-state index contributed by atoms with van der Waals surface area (Å²) in [4.78, 5) is 29.7. The molecule has 6 nitrogen and oxygen atoms in total. The highest BCUT2D eigenvalue weighted by atomic mass is 16.5. The zero-order chi connectivity index (χ0) is 17.8. The molecule has 0 radical (unpaired) electrons. The normalized spacial score (nSPS) is 15.6. The number of pyridine rings is 1. The van der Waals surface area contributed by atoms with Gasteiger partial charge in [-0.25, -0.2) is 4.98 Å². The van der Waals surface area contributed by atoms with Crippen LogP contribution in [0.1, 0.15) is 36.1 Å². The number of aromatic nitrogens is 1. The Morgan fingerprint density at radius 1 is 1.28 bits per heavy atom. The molecule has 2 heterocycles. The van der Waals surface area contributed by atoms with Crippen molar-refractivity contribution in [1.82, 2.24) is 9.88 Å². The first-order chi connectivity index (χ1) is 12.0. The number of rotatable bonds is 4. The fourth-order valence-corrected chi connectivity index (χ4v) is 2.88. The Morgan fingerprint density at radius 3 is 2.84 bits per heavy atom. The van der Waals surface area contributed by atoms with E-state index in [2.05, 4.69) is 4.98 Å². The number of nitrogen functional groups attached to an aromatic ring is 1. The number of esters is 1. The van der Waals surface area contributed by atoms with Crippen molar-refractivity contribution in [1.29, 1.82) is 0 Å². The number of amides is 1. The van der Waals surface area contributed by atoms with Gasteiger partial charge in [-0.2, -0.15) is 0 Å². The summed E-state index contributed by atoms with van der Waals surface area (Å²) in [5.41, 5.74) is 8.32. The van der Waals surface area contributed by atoms with Gasteiger partial charge in [-0.05, 0) is 34.9 Å². The van der Waals surface area contributed by atoms with Gasteiger partial charge in [-0.3, -0.25) is 9.59 Å². The van der Waals surface area contributed by atoms with E-state index in [-0.39, 0.29) is 30.9 Å². The largest absolute Gasteiger partial charge is 0.461 e. The van der Waals surface area contributed by atoms with Gasteiger partial charge in [0.2, 0.25) is 5.91 Å². The average Bonchev–Trinajstić information content (AvgIpc) is 2.60. The standard InChI is InChI=1S/C19H19N3O3/c1-13(23)22-9-7-15-4-2-3-5-16(15)17(22)11-19(24)25-12-14-6-8-21-18(20)10-14/h2-10,17H,11-12H2,1H3,(H2,20,21)/t17-/m0/s1. The van der Waals surface area contributed by atoms with Crippen LogP contribution in [0.15, 0.2) is 48.8 Å². The number of ether oxygens (including phenoxy) is 1. The molecular weight excluding hydrogens is 318 g/mol. The van der Waals surface area contributed by atoms with E-state index in [1.54, 1.807) is 29.4 Å². The maximum absolute atomic E-state index is 12.3. The molecule has 1 aromatic carbocycles. The third kappa shape index (κ3) is 3.85. The number of nitrogens with two attached hydrogens (primary N) is 1. The van der Waals surface area contributed by atoms with Gasteiger partial charge >= 0.3 is 5.97 Å². The van der Waals surface area contributed by atoms with Crippen LogP contribution in [-0.4, -0.2) is 21.8 Å². The highest BCUT2D eigenvalue weighted by Crippen LogP contribution is 2.33. The van der Waals surface area contributed by atoms with E-state index < -0.39 is 0 Å². The number of anilines is 1. The second-order valence-corrected chi connectivity index (χ2v) is 5.84. The van der Waals surface area contributed by atoms with E-state index in [0.29, 0.717) is 5.82 Å². The number of carbonyl (C=O) groups excluding carboxylic acids is 2. The lowest BCUT2D eigenvalue weighted by Gasteiger charge is -2.32. The molecule has 2 aromatic rings. The number of hydrogen-bond acceptors (Lipinski definition) is 5. The molecule has 6 heteroatoms. The SMILES string of the molecule is CC(=O)N1C=Cc2ccccc2[C@@H]1CC(=O)OCc1ccnc(N)c1. The Bertz CT molecular complexity index is 832. The second-order valence-electron chi connectivity index (χ2n) is 5.84. The molecule has 0 aliphatic carbocycles. The predicted octanol–water partition coefficient (Wildman–Crippen LogP) is 2.67. The highest BCUT2D eigenvalue weighted by Gasteiger charge is 2.28. The van der Waals surface area contributed by atoms with Crippen molar-refractivity contribution in [2.75, 3.05) is 5.73 Å². The zero-order valence-electron chi connectivity index (χ0n) is 13.9. The highest BCUT2D eigenvalue weighted by molar-refractivity contribution is 5.80. The Balaban J connectivity index is 1.72. The number of nitrogens with zero attached hydrogens (tertiary/aromatic N) is 2. The van der Waals surface area contributed by atoms with Crippen molar-refractivity contribution < 1.29 is 14.3 Å². The van der Waals surface area contributed by atoms with Gasteiger partial charge in [-0.1, -0.05) is 24.3 Å². The molecule has 0 saturated carbocycles. The smallest absolute Gasteiger partial charge is 0.308 e. The van der Waals surface area contributed by atoms with Crippen LogP contribution in [0.5, 0.6) is 0 Å². The van der Waals surface area contributed by atoms with Crippen molar-refractivity contribution in [3.8, 4) is 0 Å². The van der Waals surface area contributed by atoms with E-state index in [1.807, 2.05) is 30.3 Å². The monoisotopic (exact) mass is 337 g/mol. The van der Waals surface area contributed by atoms with Gasteiger partial charge in [0.05, 0.1) is 12.5 Å². The summed E-state index contributed by atoms with van der Waals surface area (Å²) in [5.74, 6) is -0.121. The van der Waals surface area contributed by atoms with E-state index in [0.717, 1.165) is 16.7 Å². The third-order valence-electron chi connectivity index (χ3n) is 4.07. The van der Waals surface area contributed by atoms with Crippen LogP contribution in [0.2, 0.25) is 0 Å². The topological polar surface area (TPSA) is 85.5 Å². The fraction of sp³-hybridized carbons (Fsp3) is 0.211.